The Hall–Kier alpha value is -0.830. The molecule has 13 heavy (non-hydrogen) atoms. The van der Waals surface area contributed by atoms with E-state index < -0.39 is 31.1 Å². The predicted octanol–water partition coefficient (Wildman–Crippen LogP) is -0.0911. The molecular weight excluding hydrogens is 218 g/mol. The second-order valence-corrected chi connectivity index (χ2v) is 4.31. The van der Waals surface area contributed by atoms with Gasteiger partial charge < -0.3 is 4.55 Å². The molecule has 0 fully saturated rings. The van der Waals surface area contributed by atoms with E-state index in [1.165, 1.54) is 6.07 Å². The van der Waals surface area contributed by atoms with Crippen LogP contribution >= 0.6 is 0 Å². The largest absolute Gasteiger partial charge is 0.313 e. The van der Waals surface area contributed by atoms with Gasteiger partial charge in [-0.15, -0.1) is 0 Å². The Morgan fingerprint density at radius 1 is 1.46 bits per heavy atom. The number of nitrogens with zero attached hydrogens (tertiary/aromatic N) is 1. The first-order valence-corrected chi connectivity index (χ1v) is 5.51. The van der Waals surface area contributed by atoms with Crippen molar-refractivity contribution in [1.29, 1.82) is 0 Å². The Balaban J connectivity index is 3.46. The molecule has 8 heteroatoms. The lowest BCUT2D eigenvalue weighted by Crippen LogP contribution is -2.06. The van der Waals surface area contributed by atoms with Crippen LogP contribution in [0.25, 0.3) is 0 Å². The van der Waals surface area contributed by atoms with E-state index in [1.54, 1.807) is 0 Å². The van der Waals surface area contributed by atoms with Crippen molar-refractivity contribution in [1.82, 2.24) is 4.98 Å². The van der Waals surface area contributed by atoms with Gasteiger partial charge in [0.25, 0.3) is 0 Å². The molecule has 1 rings (SSSR count). The van der Waals surface area contributed by atoms with Gasteiger partial charge in [0.2, 0.25) is 5.03 Å². The first kappa shape index (κ1) is 10.3. The maximum Gasteiger partial charge on any atom is 0.313 e. The average Bonchev–Trinajstić information content (AvgIpc) is 2.03. The van der Waals surface area contributed by atoms with Gasteiger partial charge in [-0.1, -0.05) is 0 Å². The quantitative estimate of drug-likeness (QED) is 0.536. The van der Waals surface area contributed by atoms with E-state index in [-0.39, 0.29) is 0 Å². The number of hydrogen-bond acceptors (Lipinski definition) is 4. The van der Waals surface area contributed by atoms with Crippen molar-refractivity contribution in [2.75, 3.05) is 0 Å². The molecule has 0 aromatic carbocycles. The van der Waals surface area contributed by atoms with Crippen molar-refractivity contribution in [2.45, 2.75) is 9.92 Å². The van der Waals surface area contributed by atoms with Crippen molar-refractivity contribution >= 4 is 21.2 Å². The van der Waals surface area contributed by atoms with Gasteiger partial charge in [0.15, 0.2) is 11.1 Å². The Labute approximate surface area is 76.7 Å². The maximum absolute atomic E-state index is 10.6. The summed E-state index contributed by atoms with van der Waals surface area (Å²) >= 11 is -2.49. The SMILES string of the molecule is O=S(O)c1cccnc1S(=O)(=O)O. The highest BCUT2D eigenvalue weighted by atomic mass is 32.2. The fraction of sp³-hybridized carbons (Fsp3) is 0. The summed E-state index contributed by atoms with van der Waals surface area (Å²) in [5.41, 5.74) is 0. The summed E-state index contributed by atoms with van der Waals surface area (Å²) in [4.78, 5) is 2.84. The molecule has 6 nitrogen and oxygen atoms in total. The van der Waals surface area contributed by atoms with Gasteiger partial charge in [0.05, 0.1) is 0 Å². The normalized spacial score (nSPS) is 14.0. The zero-order chi connectivity index (χ0) is 10.1. The number of hydrogen-bond donors (Lipinski definition) is 2. The van der Waals surface area contributed by atoms with Crippen LogP contribution < -0.4 is 0 Å². The summed E-state index contributed by atoms with van der Waals surface area (Å²) in [6.07, 6.45) is 1.10. The van der Waals surface area contributed by atoms with Crippen molar-refractivity contribution in [2.24, 2.45) is 0 Å². The molecule has 1 heterocycles. The van der Waals surface area contributed by atoms with Crippen LogP contribution in [0.4, 0.5) is 0 Å². The Kier molecular flexibility index (Phi) is 2.76. The van der Waals surface area contributed by atoms with Crippen LogP contribution in [-0.4, -0.2) is 26.7 Å². The van der Waals surface area contributed by atoms with Crippen LogP contribution in [0.5, 0.6) is 0 Å². The molecule has 0 aliphatic heterocycles. The average molecular weight is 223 g/mol. The molecule has 0 saturated heterocycles. The van der Waals surface area contributed by atoms with Crippen molar-refractivity contribution < 1.29 is 21.7 Å². The molecule has 0 amide bonds. The van der Waals surface area contributed by atoms with Crippen LogP contribution in [0.1, 0.15) is 0 Å². The van der Waals surface area contributed by atoms with Crippen LogP contribution in [0.15, 0.2) is 28.3 Å². The zero-order valence-electron chi connectivity index (χ0n) is 6.11. The highest BCUT2D eigenvalue weighted by Gasteiger charge is 2.19. The molecule has 2 N–H and O–H groups in total. The lowest BCUT2D eigenvalue weighted by atomic mass is 10.5. The number of rotatable bonds is 2. The first-order chi connectivity index (χ1) is 5.93. The van der Waals surface area contributed by atoms with Crippen LogP contribution in [0.2, 0.25) is 0 Å². The van der Waals surface area contributed by atoms with E-state index in [0.29, 0.717) is 0 Å². The minimum absolute atomic E-state index is 0.440. The van der Waals surface area contributed by atoms with Crippen molar-refractivity contribution in [3.8, 4) is 0 Å². The summed E-state index contributed by atoms with van der Waals surface area (Å²) in [5.74, 6) is 0. The molecule has 0 bridgehead atoms. The van der Waals surface area contributed by atoms with E-state index in [4.69, 9.17) is 9.11 Å². The molecule has 0 aliphatic rings. The maximum atomic E-state index is 10.6. The molecule has 1 atom stereocenters. The lowest BCUT2D eigenvalue weighted by molar-refractivity contribution is 0.474. The molecular formula is C5H5NO5S2. The molecule has 1 aromatic rings. The van der Waals surface area contributed by atoms with Gasteiger partial charge in [-0.25, -0.2) is 9.19 Å². The monoisotopic (exact) mass is 223 g/mol. The van der Waals surface area contributed by atoms with E-state index in [9.17, 15) is 12.6 Å². The summed E-state index contributed by atoms with van der Waals surface area (Å²) < 4.78 is 49.0. The third-order valence-corrected chi connectivity index (χ3v) is 2.82. The molecule has 0 radical (unpaired) electrons. The van der Waals surface area contributed by atoms with E-state index in [1.807, 2.05) is 0 Å². The number of aromatic nitrogens is 1. The minimum Gasteiger partial charge on any atom is -0.302 e. The van der Waals surface area contributed by atoms with Crippen molar-refractivity contribution in [3.05, 3.63) is 18.3 Å². The van der Waals surface area contributed by atoms with Gasteiger partial charge in [-0.2, -0.15) is 8.42 Å². The molecule has 72 valence electrons. The fourth-order valence-corrected chi connectivity index (χ4v) is 2.15. The molecule has 0 spiro atoms. The topological polar surface area (TPSA) is 105 Å². The van der Waals surface area contributed by atoms with Gasteiger partial charge >= 0.3 is 10.1 Å². The van der Waals surface area contributed by atoms with Crippen LogP contribution in [0, 0.1) is 0 Å². The zero-order valence-corrected chi connectivity index (χ0v) is 7.75. The smallest absolute Gasteiger partial charge is 0.302 e. The number of pyridine rings is 1. The summed E-state index contributed by atoms with van der Waals surface area (Å²) in [7, 11) is -4.54. The van der Waals surface area contributed by atoms with Gasteiger partial charge in [0, 0.05) is 6.20 Å². The molecule has 0 saturated carbocycles. The van der Waals surface area contributed by atoms with E-state index in [2.05, 4.69) is 4.98 Å². The Bertz CT molecular complexity index is 440. The predicted molar refractivity (Wildman–Crippen MR) is 43.1 cm³/mol. The summed E-state index contributed by atoms with van der Waals surface area (Å²) in [6.45, 7) is 0. The van der Waals surface area contributed by atoms with Gasteiger partial charge in [-0.3, -0.25) is 4.55 Å². The first-order valence-electron chi connectivity index (χ1n) is 2.96. The third-order valence-electron chi connectivity index (χ3n) is 1.17. The highest BCUT2D eigenvalue weighted by molar-refractivity contribution is 7.87. The fourth-order valence-electron chi connectivity index (χ4n) is 0.703. The minimum atomic E-state index is -4.54. The molecule has 1 unspecified atom stereocenters. The Morgan fingerprint density at radius 3 is 2.46 bits per heavy atom. The Morgan fingerprint density at radius 2 is 2.08 bits per heavy atom. The molecule has 1 aromatic heterocycles. The second kappa shape index (κ2) is 3.50. The second-order valence-electron chi connectivity index (χ2n) is 2.03. The van der Waals surface area contributed by atoms with Crippen molar-refractivity contribution in [3.63, 3.8) is 0 Å². The third kappa shape index (κ3) is 2.31. The van der Waals surface area contributed by atoms with Gasteiger partial charge in [-0.05, 0) is 12.1 Å². The summed E-state index contributed by atoms with van der Waals surface area (Å²) in [6, 6.07) is 2.38. The van der Waals surface area contributed by atoms with Crippen LogP contribution in [-0.2, 0) is 21.2 Å². The standard InChI is InChI=1S/C5H5NO5S2/c7-12(8)4-2-1-3-6-5(4)13(9,10)11/h1-3H,(H,7,8)(H,9,10,11). The highest BCUT2D eigenvalue weighted by Crippen LogP contribution is 2.14. The lowest BCUT2D eigenvalue weighted by Gasteiger charge is -1.99. The molecule has 0 aliphatic carbocycles. The van der Waals surface area contributed by atoms with Gasteiger partial charge in [0.1, 0.15) is 4.90 Å². The van der Waals surface area contributed by atoms with E-state index >= 15 is 0 Å². The van der Waals surface area contributed by atoms with E-state index in [0.717, 1.165) is 12.3 Å². The van der Waals surface area contributed by atoms with Crippen LogP contribution in [0.3, 0.4) is 0 Å². The summed E-state index contributed by atoms with van der Waals surface area (Å²) in [5, 5.41) is -0.796.